The highest BCUT2D eigenvalue weighted by Gasteiger charge is 2.36. The number of rotatable bonds is 8. The van der Waals surface area contributed by atoms with Crippen LogP contribution < -0.4 is 10.6 Å². The van der Waals surface area contributed by atoms with Gasteiger partial charge in [-0.3, -0.25) is 9.59 Å². The molecule has 5 N–H and O–H groups in total. The summed E-state index contributed by atoms with van der Waals surface area (Å²) in [5.74, 6) is -1.92. The Hall–Kier alpha value is -2.65. The number of nitrogens with one attached hydrogen (secondary N) is 2. The molecule has 0 saturated carbocycles. The second-order valence-corrected chi connectivity index (χ2v) is 7.65. The van der Waals surface area contributed by atoms with E-state index in [0.29, 0.717) is 12.0 Å². The summed E-state index contributed by atoms with van der Waals surface area (Å²) in [5.41, 5.74) is 0.727. The summed E-state index contributed by atoms with van der Waals surface area (Å²) in [6.07, 6.45) is -3.18. The van der Waals surface area contributed by atoms with Crippen LogP contribution in [0, 0.1) is 5.92 Å². The van der Waals surface area contributed by atoms with Gasteiger partial charge in [0.2, 0.25) is 5.91 Å². The minimum Gasteiger partial charge on any atom is -0.507 e. The van der Waals surface area contributed by atoms with E-state index >= 15 is 0 Å². The van der Waals surface area contributed by atoms with E-state index in [1.54, 1.807) is 12.1 Å². The van der Waals surface area contributed by atoms with E-state index in [9.17, 15) is 29.7 Å². The van der Waals surface area contributed by atoms with Crippen molar-refractivity contribution >= 4 is 17.8 Å². The molecule has 0 aromatic heterocycles. The number of hydrogen-bond acceptors (Lipinski definition) is 7. The second-order valence-electron chi connectivity index (χ2n) is 7.65. The first-order valence-corrected chi connectivity index (χ1v) is 9.53. The smallest absolute Gasteiger partial charge is 0.342 e. The Kier molecular flexibility index (Phi) is 7.58. The lowest BCUT2D eigenvalue weighted by molar-refractivity contribution is -0.137. The third kappa shape index (κ3) is 5.91. The Morgan fingerprint density at radius 3 is 2.59 bits per heavy atom. The maximum Gasteiger partial charge on any atom is 0.342 e. The molecule has 0 aliphatic carbocycles. The molecule has 0 radical (unpaired) electrons. The number of aliphatic hydroxyl groups excluding tert-OH is 2. The highest BCUT2D eigenvalue weighted by Crippen LogP contribution is 2.30. The van der Waals surface area contributed by atoms with Crippen LogP contribution in [0.1, 0.15) is 43.1 Å². The molecule has 1 aliphatic rings. The van der Waals surface area contributed by atoms with Crippen molar-refractivity contribution in [2.45, 2.75) is 58.0 Å². The SMILES string of the molecule is CC(=O)NCC(O)C(O)C(=O)NC(CC(C)C)C1Cc2cccc(O)c2C(=O)O1. The van der Waals surface area contributed by atoms with Gasteiger partial charge in [0, 0.05) is 19.9 Å². The molecular weight excluding hydrogens is 380 g/mol. The van der Waals surface area contributed by atoms with Crippen molar-refractivity contribution in [3.05, 3.63) is 29.3 Å². The lowest BCUT2D eigenvalue weighted by Gasteiger charge is -2.33. The third-order valence-electron chi connectivity index (χ3n) is 4.71. The highest BCUT2D eigenvalue weighted by atomic mass is 16.5. The Bertz CT molecular complexity index is 765. The molecule has 0 bridgehead atoms. The second kappa shape index (κ2) is 9.71. The van der Waals surface area contributed by atoms with Crippen LogP contribution in [0.15, 0.2) is 18.2 Å². The first-order valence-electron chi connectivity index (χ1n) is 9.53. The van der Waals surface area contributed by atoms with E-state index < -0.39 is 42.1 Å². The fraction of sp³-hybridized carbons (Fsp3) is 0.550. The first kappa shape index (κ1) is 22.6. The van der Waals surface area contributed by atoms with Crippen molar-refractivity contribution in [3.63, 3.8) is 0 Å². The molecule has 2 amide bonds. The number of cyclic esters (lactones) is 1. The summed E-state index contributed by atoms with van der Waals surface area (Å²) in [5, 5.41) is 34.9. The molecule has 2 rings (SSSR count). The lowest BCUT2D eigenvalue weighted by Crippen LogP contribution is -2.54. The number of ether oxygens (including phenoxy) is 1. The minimum atomic E-state index is -1.76. The zero-order valence-electron chi connectivity index (χ0n) is 16.7. The van der Waals surface area contributed by atoms with Crippen LogP contribution in [-0.2, 0) is 20.7 Å². The van der Waals surface area contributed by atoms with Gasteiger partial charge in [-0.15, -0.1) is 0 Å². The van der Waals surface area contributed by atoms with Crippen LogP contribution in [-0.4, -0.2) is 64.0 Å². The Labute approximate surface area is 169 Å². The summed E-state index contributed by atoms with van der Waals surface area (Å²) >= 11 is 0. The van der Waals surface area contributed by atoms with Gasteiger partial charge < -0.3 is 30.7 Å². The fourth-order valence-corrected chi connectivity index (χ4v) is 3.29. The standard InChI is InChI=1S/C20H28N2O7/c1-10(2)7-13(22-19(27)18(26)15(25)9-21-11(3)23)16-8-12-5-4-6-14(24)17(12)20(28)29-16/h4-6,10,13,15-16,18,24-26H,7-9H2,1-3H3,(H,21,23)(H,22,27). The molecule has 4 unspecified atom stereocenters. The Balaban J connectivity index is 2.12. The van der Waals surface area contributed by atoms with Gasteiger partial charge in [-0.05, 0) is 24.0 Å². The molecule has 9 heteroatoms. The first-order chi connectivity index (χ1) is 13.6. The number of phenolic OH excluding ortho intramolecular Hbond substituents is 1. The van der Waals surface area contributed by atoms with Crippen molar-refractivity contribution in [2.75, 3.05) is 6.54 Å². The van der Waals surface area contributed by atoms with Gasteiger partial charge in [0.05, 0.1) is 6.04 Å². The van der Waals surface area contributed by atoms with Crippen molar-refractivity contribution < 1.29 is 34.4 Å². The van der Waals surface area contributed by atoms with Gasteiger partial charge in [-0.1, -0.05) is 26.0 Å². The summed E-state index contributed by atoms with van der Waals surface area (Å²) in [4.78, 5) is 35.7. The van der Waals surface area contributed by atoms with Gasteiger partial charge in [-0.25, -0.2) is 4.79 Å². The number of aromatic hydroxyl groups is 1. The molecule has 9 nitrogen and oxygen atoms in total. The van der Waals surface area contributed by atoms with Gasteiger partial charge in [0.1, 0.15) is 23.5 Å². The molecule has 29 heavy (non-hydrogen) atoms. The van der Waals surface area contributed by atoms with E-state index in [-0.39, 0.29) is 30.2 Å². The van der Waals surface area contributed by atoms with Crippen LogP contribution in [0.3, 0.4) is 0 Å². The van der Waals surface area contributed by atoms with Gasteiger partial charge in [-0.2, -0.15) is 0 Å². The van der Waals surface area contributed by atoms with Crippen LogP contribution in [0.25, 0.3) is 0 Å². The third-order valence-corrected chi connectivity index (χ3v) is 4.71. The average Bonchev–Trinajstić information content (AvgIpc) is 2.64. The van der Waals surface area contributed by atoms with E-state index in [1.165, 1.54) is 13.0 Å². The highest BCUT2D eigenvalue weighted by molar-refractivity contribution is 5.95. The molecule has 1 heterocycles. The average molecular weight is 408 g/mol. The number of hydrogen-bond donors (Lipinski definition) is 5. The van der Waals surface area contributed by atoms with Crippen molar-refractivity contribution in [3.8, 4) is 5.75 Å². The lowest BCUT2D eigenvalue weighted by atomic mass is 9.90. The van der Waals surface area contributed by atoms with Crippen molar-refractivity contribution in [1.29, 1.82) is 0 Å². The monoisotopic (exact) mass is 408 g/mol. The summed E-state index contributed by atoms with van der Waals surface area (Å²) in [6.45, 7) is 4.85. The molecule has 160 valence electrons. The molecule has 1 aliphatic heterocycles. The summed E-state index contributed by atoms with van der Waals surface area (Å²) in [7, 11) is 0. The van der Waals surface area contributed by atoms with E-state index in [4.69, 9.17) is 4.74 Å². The van der Waals surface area contributed by atoms with Gasteiger partial charge in [0.15, 0.2) is 6.10 Å². The number of carbonyl (C=O) groups is 3. The van der Waals surface area contributed by atoms with E-state index in [2.05, 4.69) is 10.6 Å². The van der Waals surface area contributed by atoms with Crippen LogP contribution in [0.4, 0.5) is 0 Å². The number of amides is 2. The molecule has 0 spiro atoms. The largest absolute Gasteiger partial charge is 0.507 e. The maximum absolute atomic E-state index is 12.4. The van der Waals surface area contributed by atoms with E-state index in [1.807, 2.05) is 13.8 Å². The Morgan fingerprint density at radius 2 is 1.97 bits per heavy atom. The summed E-state index contributed by atoms with van der Waals surface area (Å²) < 4.78 is 5.46. The molecule has 0 fully saturated rings. The topological polar surface area (TPSA) is 145 Å². The predicted molar refractivity (Wildman–Crippen MR) is 103 cm³/mol. The predicted octanol–water partition coefficient (Wildman–Crippen LogP) is -0.138. The van der Waals surface area contributed by atoms with Crippen molar-refractivity contribution in [2.24, 2.45) is 5.92 Å². The molecule has 1 aromatic carbocycles. The van der Waals surface area contributed by atoms with Crippen molar-refractivity contribution in [1.82, 2.24) is 10.6 Å². The Morgan fingerprint density at radius 1 is 1.28 bits per heavy atom. The zero-order valence-corrected chi connectivity index (χ0v) is 16.7. The number of benzene rings is 1. The minimum absolute atomic E-state index is 0.115. The van der Waals surface area contributed by atoms with Crippen LogP contribution in [0.2, 0.25) is 0 Å². The van der Waals surface area contributed by atoms with Gasteiger partial charge >= 0.3 is 5.97 Å². The van der Waals surface area contributed by atoms with Crippen LogP contribution in [0.5, 0.6) is 5.75 Å². The number of aliphatic hydroxyl groups is 2. The number of esters is 1. The normalized spacial score (nSPS) is 19.0. The van der Waals surface area contributed by atoms with E-state index in [0.717, 1.165) is 0 Å². The number of phenols is 1. The molecular formula is C20H28N2O7. The van der Waals surface area contributed by atoms with Crippen LogP contribution >= 0.6 is 0 Å². The quantitative estimate of drug-likeness (QED) is 0.377. The molecule has 4 atom stereocenters. The zero-order chi connectivity index (χ0) is 21.7. The summed E-state index contributed by atoms with van der Waals surface area (Å²) in [6, 6.07) is 4.13. The molecule has 0 saturated heterocycles. The molecule has 1 aromatic rings. The number of carbonyl (C=O) groups excluding carboxylic acids is 3. The van der Waals surface area contributed by atoms with Gasteiger partial charge in [0.25, 0.3) is 5.91 Å². The number of fused-ring (bicyclic) bond motifs is 1. The maximum atomic E-state index is 12.4. The fourth-order valence-electron chi connectivity index (χ4n) is 3.29.